The van der Waals surface area contributed by atoms with E-state index in [1.54, 1.807) is 26.4 Å². The largest absolute Gasteiger partial charge is 0.493 e. The van der Waals surface area contributed by atoms with Gasteiger partial charge in [0.2, 0.25) is 5.91 Å². The van der Waals surface area contributed by atoms with Gasteiger partial charge in [0, 0.05) is 6.42 Å². The van der Waals surface area contributed by atoms with Crippen LogP contribution in [0.3, 0.4) is 0 Å². The molecule has 13 heteroatoms. The summed E-state index contributed by atoms with van der Waals surface area (Å²) in [5.74, 6) is 1.53. The van der Waals surface area contributed by atoms with Gasteiger partial charge >= 0.3 is 12.1 Å². The minimum absolute atomic E-state index is 0.0267. The lowest BCUT2D eigenvalue weighted by atomic mass is 9.82. The van der Waals surface area contributed by atoms with Gasteiger partial charge in [-0.25, -0.2) is 9.79 Å². The van der Waals surface area contributed by atoms with Gasteiger partial charge in [-0.2, -0.15) is 24.9 Å². The molecular formula is C28H40F3N3O6S. The lowest BCUT2D eigenvalue weighted by Crippen LogP contribution is -2.40. The maximum atomic E-state index is 13.2. The van der Waals surface area contributed by atoms with Crippen molar-refractivity contribution in [2.24, 2.45) is 22.6 Å². The minimum atomic E-state index is -5.08. The number of aliphatic imine (C=N–C) groups is 1. The lowest BCUT2D eigenvalue weighted by molar-refractivity contribution is -0.192. The molecule has 1 aliphatic heterocycles. The number of alkyl halides is 3. The van der Waals surface area contributed by atoms with Crippen molar-refractivity contribution in [2.45, 2.75) is 76.4 Å². The van der Waals surface area contributed by atoms with Crippen LogP contribution in [0.4, 0.5) is 13.2 Å². The summed E-state index contributed by atoms with van der Waals surface area (Å²) in [6.07, 6.45) is 4.50. The van der Waals surface area contributed by atoms with Gasteiger partial charge in [-0.05, 0) is 60.3 Å². The molecule has 4 N–H and O–H groups in total. The van der Waals surface area contributed by atoms with Crippen molar-refractivity contribution in [3.05, 3.63) is 23.8 Å². The van der Waals surface area contributed by atoms with Crippen LogP contribution < -0.4 is 20.5 Å². The first kappa shape index (κ1) is 34.2. The average molecular weight is 604 g/mol. The van der Waals surface area contributed by atoms with E-state index in [-0.39, 0.29) is 24.1 Å². The van der Waals surface area contributed by atoms with E-state index >= 15 is 0 Å². The number of nitrogens with zero attached hydrogens (tertiary/aromatic N) is 1. The van der Waals surface area contributed by atoms with Crippen molar-refractivity contribution in [1.29, 1.82) is 0 Å². The first-order valence-corrected chi connectivity index (χ1v) is 14.8. The third-order valence-electron chi connectivity index (χ3n) is 7.10. The Kier molecular flexibility index (Phi) is 14.3. The molecule has 1 aromatic rings. The number of carbonyl (C=O) groups excluding carboxylic acids is 2. The van der Waals surface area contributed by atoms with Gasteiger partial charge in [-0.3, -0.25) is 14.9 Å². The molecule has 2 aliphatic rings. The number of benzene rings is 1. The number of nitrogens with one attached hydrogen (secondary N) is 1. The fourth-order valence-electron chi connectivity index (χ4n) is 4.93. The minimum Gasteiger partial charge on any atom is -0.493 e. The lowest BCUT2D eigenvalue weighted by Gasteiger charge is -2.26. The summed E-state index contributed by atoms with van der Waals surface area (Å²) < 4.78 is 42.3. The number of hydrogen-bond donors (Lipinski definition) is 3. The molecule has 1 aliphatic carbocycles. The second-order valence-corrected chi connectivity index (χ2v) is 11.4. The van der Waals surface area contributed by atoms with E-state index in [1.807, 2.05) is 17.8 Å². The van der Waals surface area contributed by atoms with Gasteiger partial charge in [0.1, 0.15) is 6.04 Å². The molecule has 1 atom stereocenters. The molecule has 1 amide bonds. The Morgan fingerprint density at radius 2 is 1.66 bits per heavy atom. The second kappa shape index (κ2) is 17.1. The molecule has 0 radical (unpaired) electrons. The molecule has 9 nitrogen and oxygen atoms in total. The number of Topliss-reactive ketones (excluding diaryl/α,β-unsaturated/α-hetero) is 1. The maximum absolute atomic E-state index is 13.2. The highest BCUT2D eigenvalue weighted by molar-refractivity contribution is 7.99. The summed E-state index contributed by atoms with van der Waals surface area (Å²) in [6, 6.07) is 4.87. The van der Waals surface area contributed by atoms with Crippen LogP contribution in [-0.2, 0) is 20.8 Å². The molecular weight excluding hydrogens is 563 g/mol. The number of guanidine groups is 1. The molecule has 0 bridgehead atoms. The summed E-state index contributed by atoms with van der Waals surface area (Å²) in [7, 11) is 3.13. The molecule has 41 heavy (non-hydrogen) atoms. The predicted octanol–water partition coefficient (Wildman–Crippen LogP) is 4.75. The molecule has 0 spiro atoms. The molecule has 1 heterocycles. The van der Waals surface area contributed by atoms with E-state index in [1.165, 1.54) is 19.3 Å². The van der Waals surface area contributed by atoms with E-state index in [0.717, 1.165) is 49.2 Å². The predicted molar refractivity (Wildman–Crippen MR) is 151 cm³/mol. The molecule has 230 valence electrons. The van der Waals surface area contributed by atoms with Gasteiger partial charge in [-0.1, -0.05) is 38.2 Å². The molecule has 0 aromatic heterocycles. The number of rotatable bonds is 10. The molecule has 1 saturated carbocycles. The Morgan fingerprint density at radius 3 is 2.22 bits per heavy atom. The van der Waals surface area contributed by atoms with Crippen molar-refractivity contribution in [3.8, 4) is 11.5 Å². The zero-order valence-electron chi connectivity index (χ0n) is 23.5. The third-order valence-corrected chi connectivity index (χ3v) is 8.15. The normalized spacial score (nSPS) is 17.5. The van der Waals surface area contributed by atoms with E-state index in [4.69, 9.17) is 25.1 Å². The number of hydrogen-bond acceptors (Lipinski definition) is 7. The number of ketones is 1. The van der Waals surface area contributed by atoms with Crippen LogP contribution in [0.15, 0.2) is 23.2 Å². The smallest absolute Gasteiger partial charge is 0.490 e. The second-order valence-electron chi connectivity index (χ2n) is 10.2. The Bertz CT molecular complexity index is 1040. The van der Waals surface area contributed by atoms with E-state index in [0.29, 0.717) is 29.8 Å². The van der Waals surface area contributed by atoms with Gasteiger partial charge in [0.15, 0.2) is 23.2 Å². The van der Waals surface area contributed by atoms with Gasteiger partial charge in [-0.15, -0.1) is 0 Å². The summed E-state index contributed by atoms with van der Waals surface area (Å²) in [5.41, 5.74) is 6.90. The van der Waals surface area contributed by atoms with Gasteiger partial charge in [0.05, 0.1) is 20.6 Å². The molecule has 2 fully saturated rings. The standard InChI is InChI=1S/C26H39N3O4S.C2HF3O2/c1-32-23-9-8-20(16-24(23)33-2)17-25(31)29-26(27)28-21(14-18-6-4-3-5-7-18)22(30)15-19-10-12-34-13-11-19;3-2(4,5)1(6)7/h8-9,16,18-19,21H,3-7,10-15,17H2,1-2H3,(H3,27,28,29,31);(H,6,7)/t21-;/m1./s1. The van der Waals surface area contributed by atoms with Crippen LogP contribution in [-0.4, -0.2) is 66.7 Å². The summed E-state index contributed by atoms with van der Waals surface area (Å²) in [5, 5.41) is 9.81. The van der Waals surface area contributed by atoms with Crippen molar-refractivity contribution < 1.29 is 42.1 Å². The maximum Gasteiger partial charge on any atom is 0.490 e. The van der Waals surface area contributed by atoms with E-state index < -0.39 is 18.2 Å². The highest BCUT2D eigenvalue weighted by atomic mass is 32.2. The number of aliphatic carboxylic acids is 1. The Hall–Kier alpha value is -2.96. The van der Waals surface area contributed by atoms with Crippen LogP contribution in [0.5, 0.6) is 11.5 Å². The molecule has 1 saturated heterocycles. The van der Waals surface area contributed by atoms with Crippen molar-refractivity contribution >= 4 is 35.4 Å². The summed E-state index contributed by atoms with van der Waals surface area (Å²) in [6.45, 7) is 0. The van der Waals surface area contributed by atoms with Gasteiger partial charge < -0.3 is 20.3 Å². The Morgan fingerprint density at radius 1 is 1.05 bits per heavy atom. The van der Waals surface area contributed by atoms with Crippen LogP contribution in [0.1, 0.15) is 63.4 Å². The topological polar surface area (TPSA) is 140 Å². The Balaban J connectivity index is 0.000000745. The average Bonchev–Trinajstić information content (AvgIpc) is 2.93. The van der Waals surface area contributed by atoms with E-state index in [9.17, 15) is 22.8 Å². The van der Waals surface area contributed by atoms with Crippen molar-refractivity contribution in [3.63, 3.8) is 0 Å². The number of thioether (sulfide) groups is 1. The van der Waals surface area contributed by atoms with Crippen molar-refractivity contribution in [1.82, 2.24) is 5.32 Å². The number of methoxy groups -OCH3 is 2. The fraction of sp³-hybridized carbons (Fsp3) is 0.643. The molecule has 0 unspecified atom stereocenters. The highest BCUT2D eigenvalue weighted by Crippen LogP contribution is 2.31. The quantitative estimate of drug-likeness (QED) is 0.257. The Labute approximate surface area is 242 Å². The third kappa shape index (κ3) is 12.6. The molecule has 1 aromatic carbocycles. The number of carboxylic acid groups (broad SMARTS) is 1. The van der Waals surface area contributed by atoms with Crippen LogP contribution in [0.2, 0.25) is 0 Å². The molecule has 3 rings (SSSR count). The van der Waals surface area contributed by atoms with Crippen LogP contribution in [0, 0.1) is 11.8 Å². The SMILES string of the molecule is COc1ccc(CC(=O)NC(N)=N[C@H](CC2CCCCC2)C(=O)CC2CCSCC2)cc1OC.O=C(O)C(F)(F)F. The zero-order chi connectivity index (χ0) is 30.4. The number of amides is 1. The number of ether oxygens (including phenoxy) is 2. The van der Waals surface area contributed by atoms with Gasteiger partial charge in [0.25, 0.3) is 0 Å². The zero-order valence-corrected chi connectivity index (χ0v) is 24.3. The first-order chi connectivity index (χ1) is 19.4. The first-order valence-electron chi connectivity index (χ1n) is 13.7. The fourth-order valence-corrected chi connectivity index (χ4v) is 6.13. The number of carbonyl (C=O) groups is 3. The van der Waals surface area contributed by atoms with E-state index in [2.05, 4.69) is 10.3 Å². The number of carboxylic acids is 1. The summed E-state index contributed by atoms with van der Waals surface area (Å²) in [4.78, 5) is 39.3. The monoisotopic (exact) mass is 603 g/mol. The van der Waals surface area contributed by atoms with Crippen LogP contribution >= 0.6 is 11.8 Å². The summed E-state index contributed by atoms with van der Waals surface area (Å²) >= 11 is 1.96. The van der Waals surface area contributed by atoms with Crippen molar-refractivity contribution in [2.75, 3.05) is 25.7 Å². The highest BCUT2D eigenvalue weighted by Gasteiger charge is 2.38. The van der Waals surface area contributed by atoms with Crippen LogP contribution in [0.25, 0.3) is 0 Å². The number of nitrogens with two attached hydrogens (primary N) is 1. The number of halogens is 3.